The van der Waals surface area contributed by atoms with Gasteiger partial charge in [-0.15, -0.1) is 11.3 Å². The zero-order chi connectivity index (χ0) is 19.7. The van der Waals surface area contributed by atoms with Crippen molar-refractivity contribution in [3.05, 3.63) is 56.4 Å². The molecule has 1 aromatic carbocycles. The average Bonchev–Trinajstić information content (AvgIpc) is 3.25. The first-order valence-corrected chi connectivity index (χ1v) is 10.3. The molecule has 0 spiro atoms. The Morgan fingerprint density at radius 1 is 1.32 bits per heavy atom. The van der Waals surface area contributed by atoms with Crippen LogP contribution < -0.4 is 16.0 Å². The van der Waals surface area contributed by atoms with Crippen LogP contribution in [-0.2, 0) is 30.6 Å². The molecule has 0 aliphatic heterocycles. The van der Waals surface area contributed by atoms with Crippen molar-refractivity contribution in [2.75, 3.05) is 7.11 Å². The number of carbonyl (C=O) groups is 1. The van der Waals surface area contributed by atoms with E-state index >= 15 is 0 Å². The molecular weight excluding hydrogens is 374 g/mol. The Bertz CT molecular complexity index is 1100. The minimum atomic E-state index is -0.357. The molecular formula is C21H23N3O3S. The van der Waals surface area contributed by atoms with Gasteiger partial charge in [-0.1, -0.05) is 18.2 Å². The summed E-state index contributed by atoms with van der Waals surface area (Å²) in [7, 11) is 1.64. The van der Waals surface area contributed by atoms with Crippen LogP contribution in [0, 0.1) is 0 Å². The first-order valence-electron chi connectivity index (χ1n) is 9.52. The molecule has 0 unspecified atom stereocenters. The largest absolute Gasteiger partial charge is 0.496 e. The fourth-order valence-corrected chi connectivity index (χ4v) is 5.19. The third-order valence-electron chi connectivity index (χ3n) is 5.25. The van der Waals surface area contributed by atoms with E-state index in [0.717, 1.165) is 40.8 Å². The van der Waals surface area contributed by atoms with Crippen molar-refractivity contribution < 1.29 is 9.53 Å². The van der Waals surface area contributed by atoms with Crippen LogP contribution in [0.5, 0.6) is 5.75 Å². The second-order valence-corrected chi connectivity index (χ2v) is 8.16. The van der Waals surface area contributed by atoms with E-state index in [2.05, 4.69) is 0 Å². The Morgan fingerprint density at radius 3 is 2.93 bits per heavy atom. The minimum Gasteiger partial charge on any atom is -0.496 e. The Balaban J connectivity index is 1.81. The maximum Gasteiger partial charge on any atom is 0.262 e. The second-order valence-electron chi connectivity index (χ2n) is 7.08. The van der Waals surface area contributed by atoms with Crippen LogP contribution in [-0.4, -0.2) is 22.6 Å². The number of aromatic nitrogens is 2. The maximum atomic E-state index is 13.4. The Hall–Kier alpha value is -2.67. The molecule has 1 aliphatic carbocycles. The number of nitrogens with two attached hydrogens (primary N) is 1. The fraction of sp³-hybridized carbons (Fsp3) is 0.381. The quantitative estimate of drug-likeness (QED) is 0.664. The van der Waals surface area contributed by atoms with Gasteiger partial charge < -0.3 is 10.5 Å². The maximum absolute atomic E-state index is 13.4. The highest BCUT2D eigenvalue weighted by atomic mass is 32.1. The van der Waals surface area contributed by atoms with Gasteiger partial charge in [-0.2, -0.15) is 0 Å². The number of hydrogen-bond donors (Lipinski definition) is 1. The molecule has 1 amide bonds. The predicted molar refractivity (Wildman–Crippen MR) is 110 cm³/mol. The molecule has 0 atom stereocenters. The SMILES string of the molecule is COc1ccccc1Cc1nc2sc3c(c2c(=O)n1CCCC(N)=O)CCC3. The van der Waals surface area contributed by atoms with Crippen molar-refractivity contribution in [1.29, 1.82) is 0 Å². The highest BCUT2D eigenvalue weighted by Gasteiger charge is 2.23. The van der Waals surface area contributed by atoms with E-state index < -0.39 is 0 Å². The zero-order valence-electron chi connectivity index (χ0n) is 15.9. The van der Waals surface area contributed by atoms with Crippen LogP contribution in [0.15, 0.2) is 29.1 Å². The number of primary amides is 1. The van der Waals surface area contributed by atoms with Gasteiger partial charge in [0.2, 0.25) is 5.91 Å². The fourth-order valence-electron chi connectivity index (χ4n) is 3.92. The van der Waals surface area contributed by atoms with Gasteiger partial charge >= 0.3 is 0 Å². The number of thiophene rings is 1. The summed E-state index contributed by atoms with van der Waals surface area (Å²) in [5, 5.41) is 0.764. The zero-order valence-corrected chi connectivity index (χ0v) is 16.7. The summed E-state index contributed by atoms with van der Waals surface area (Å²) in [6, 6.07) is 7.76. The molecule has 2 heterocycles. The van der Waals surface area contributed by atoms with Crippen molar-refractivity contribution in [1.82, 2.24) is 9.55 Å². The number of amides is 1. The van der Waals surface area contributed by atoms with E-state index in [1.807, 2.05) is 24.3 Å². The van der Waals surface area contributed by atoms with E-state index in [4.69, 9.17) is 15.5 Å². The molecule has 0 fully saturated rings. The number of para-hydroxylation sites is 1. The van der Waals surface area contributed by atoms with E-state index in [1.165, 1.54) is 10.4 Å². The van der Waals surface area contributed by atoms with Crippen LogP contribution in [0.2, 0.25) is 0 Å². The molecule has 4 rings (SSSR count). The number of fused-ring (bicyclic) bond motifs is 3. The summed E-state index contributed by atoms with van der Waals surface area (Å²) in [6.45, 7) is 0.430. The third kappa shape index (κ3) is 3.42. The molecule has 2 N–H and O–H groups in total. The normalized spacial score (nSPS) is 13.0. The van der Waals surface area contributed by atoms with Gasteiger partial charge in [-0.05, 0) is 37.3 Å². The third-order valence-corrected chi connectivity index (χ3v) is 6.44. The molecule has 28 heavy (non-hydrogen) atoms. The molecule has 3 aromatic rings. The number of benzene rings is 1. The predicted octanol–water partition coefficient (Wildman–Crippen LogP) is 2.81. The number of methoxy groups -OCH3 is 1. The Labute approximate surface area is 167 Å². The molecule has 0 bridgehead atoms. The number of aryl methyl sites for hydroxylation is 2. The van der Waals surface area contributed by atoms with E-state index in [0.29, 0.717) is 25.2 Å². The summed E-state index contributed by atoms with van der Waals surface area (Å²) in [6.07, 6.45) is 4.34. The van der Waals surface area contributed by atoms with Crippen molar-refractivity contribution in [3.63, 3.8) is 0 Å². The molecule has 0 saturated carbocycles. The monoisotopic (exact) mass is 397 g/mol. The van der Waals surface area contributed by atoms with Crippen molar-refractivity contribution in [3.8, 4) is 5.75 Å². The van der Waals surface area contributed by atoms with E-state index in [9.17, 15) is 9.59 Å². The number of ether oxygens (including phenoxy) is 1. The van der Waals surface area contributed by atoms with Gasteiger partial charge in [0, 0.05) is 29.8 Å². The van der Waals surface area contributed by atoms with Crippen LogP contribution in [0.3, 0.4) is 0 Å². The van der Waals surface area contributed by atoms with Crippen LogP contribution in [0.4, 0.5) is 0 Å². The van der Waals surface area contributed by atoms with Gasteiger partial charge in [0.25, 0.3) is 5.56 Å². The lowest BCUT2D eigenvalue weighted by atomic mass is 10.1. The molecule has 0 saturated heterocycles. The second kappa shape index (κ2) is 7.75. The van der Waals surface area contributed by atoms with Crippen LogP contribution in [0.25, 0.3) is 10.2 Å². The first-order chi connectivity index (χ1) is 13.6. The molecule has 6 nitrogen and oxygen atoms in total. The minimum absolute atomic E-state index is 0.00114. The highest BCUT2D eigenvalue weighted by Crippen LogP contribution is 2.35. The molecule has 7 heteroatoms. The average molecular weight is 398 g/mol. The van der Waals surface area contributed by atoms with Crippen molar-refractivity contribution in [2.45, 2.75) is 45.1 Å². The molecule has 0 radical (unpaired) electrons. The number of nitrogens with zero attached hydrogens (tertiary/aromatic N) is 2. The first kappa shape index (κ1) is 18.7. The summed E-state index contributed by atoms with van der Waals surface area (Å²) < 4.78 is 7.19. The van der Waals surface area contributed by atoms with Crippen LogP contribution >= 0.6 is 11.3 Å². The van der Waals surface area contributed by atoms with E-state index in [-0.39, 0.29) is 17.9 Å². The van der Waals surface area contributed by atoms with Gasteiger partial charge in [0.05, 0.1) is 12.5 Å². The van der Waals surface area contributed by atoms with Crippen LogP contribution in [0.1, 0.15) is 41.1 Å². The Kier molecular flexibility index (Phi) is 5.17. The van der Waals surface area contributed by atoms with Crippen molar-refractivity contribution >= 4 is 27.5 Å². The topological polar surface area (TPSA) is 87.2 Å². The standard InChI is InChI=1S/C21H23N3O3S/c1-27-15-8-3-2-6-13(15)12-18-23-20-19(14-7-4-9-16(14)28-20)21(26)24(18)11-5-10-17(22)25/h2-3,6,8H,4-5,7,9-12H2,1H3,(H2,22,25). The summed E-state index contributed by atoms with van der Waals surface area (Å²) >= 11 is 1.64. The smallest absolute Gasteiger partial charge is 0.262 e. The van der Waals surface area contributed by atoms with Crippen molar-refractivity contribution in [2.24, 2.45) is 5.73 Å². The van der Waals surface area contributed by atoms with Gasteiger partial charge in [-0.3, -0.25) is 14.2 Å². The van der Waals surface area contributed by atoms with E-state index in [1.54, 1.807) is 23.0 Å². The summed E-state index contributed by atoms with van der Waals surface area (Å²) in [4.78, 5) is 31.5. The Morgan fingerprint density at radius 2 is 2.14 bits per heavy atom. The van der Waals surface area contributed by atoms with Gasteiger partial charge in [0.15, 0.2) is 0 Å². The molecule has 1 aliphatic rings. The number of rotatable bonds is 7. The molecule has 2 aromatic heterocycles. The lowest BCUT2D eigenvalue weighted by Gasteiger charge is -2.14. The highest BCUT2D eigenvalue weighted by molar-refractivity contribution is 7.18. The summed E-state index contributed by atoms with van der Waals surface area (Å²) in [5.74, 6) is 1.12. The van der Waals surface area contributed by atoms with Gasteiger partial charge in [0.1, 0.15) is 16.4 Å². The van der Waals surface area contributed by atoms with Gasteiger partial charge in [-0.25, -0.2) is 4.98 Å². The summed E-state index contributed by atoms with van der Waals surface area (Å²) in [5.41, 5.74) is 7.43. The lowest BCUT2D eigenvalue weighted by molar-refractivity contribution is -0.118. The molecule has 146 valence electrons. The number of hydrogen-bond acceptors (Lipinski definition) is 5. The number of carbonyl (C=O) groups excluding carboxylic acids is 1. The lowest BCUT2D eigenvalue weighted by Crippen LogP contribution is -2.26.